The molecule has 2 aliphatic rings. The second kappa shape index (κ2) is 9.56. The highest BCUT2D eigenvalue weighted by atomic mass is 16.6. The van der Waals surface area contributed by atoms with Crippen LogP contribution in [0.4, 0.5) is 0 Å². The minimum Gasteiger partial charge on any atom is -0.496 e. The van der Waals surface area contributed by atoms with Crippen LogP contribution in [-0.4, -0.2) is 67.6 Å². The Morgan fingerprint density at radius 2 is 1.72 bits per heavy atom. The van der Waals surface area contributed by atoms with Crippen LogP contribution in [0, 0.1) is 13.8 Å². The lowest BCUT2D eigenvalue weighted by molar-refractivity contribution is -0.146. The summed E-state index contributed by atoms with van der Waals surface area (Å²) in [6.07, 6.45) is -0.795. The van der Waals surface area contributed by atoms with Crippen molar-refractivity contribution < 1.29 is 28.2 Å². The summed E-state index contributed by atoms with van der Waals surface area (Å²) in [6, 6.07) is 10.9. The molecule has 3 heterocycles. The van der Waals surface area contributed by atoms with Gasteiger partial charge in [0.1, 0.15) is 17.9 Å². The van der Waals surface area contributed by atoms with E-state index in [9.17, 15) is 14.4 Å². The second-order valence-electron chi connectivity index (χ2n) is 9.08. The summed E-state index contributed by atoms with van der Waals surface area (Å²) in [6.45, 7) is 5.35. The highest BCUT2D eigenvalue weighted by molar-refractivity contribution is 5.90. The van der Waals surface area contributed by atoms with E-state index in [1.54, 1.807) is 42.0 Å². The summed E-state index contributed by atoms with van der Waals surface area (Å²) >= 11 is 0. The minimum absolute atomic E-state index is 0.0779. The smallest absolute Gasteiger partial charge is 0.340 e. The van der Waals surface area contributed by atoms with Crippen molar-refractivity contribution in [2.24, 2.45) is 0 Å². The van der Waals surface area contributed by atoms with Crippen molar-refractivity contribution in [2.45, 2.75) is 26.4 Å². The summed E-state index contributed by atoms with van der Waals surface area (Å²) in [5.74, 6) is 1.42. The number of carbonyl (C=O) groups excluding carboxylic acids is 2. The van der Waals surface area contributed by atoms with Crippen LogP contribution < -0.4 is 19.8 Å². The van der Waals surface area contributed by atoms with Crippen molar-refractivity contribution in [2.75, 3.05) is 39.9 Å². The Kier molecular flexibility index (Phi) is 6.30. The van der Waals surface area contributed by atoms with E-state index < -0.39 is 11.7 Å². The Hall–Kier alpha value is -4.01. The zero-order valence-electron chi connectivity index (χ0n) is 20.5. The van der Waals surface area contributed by atoms with Crippen LogP contribution >= 0.6 is 0 Å². The molecular weight excluding hydrogens is 464 g/mol. The van der Waals surface area contributed by atoms with Gasteiger partial charge in [0.25, 0.3) is 5.91 Å². The molecule has 2 aliphatic heterocycles. The number of carbonyl (C=O) groups is 2. The molecular formula is C27H28N2O7. The highest BCUT2D eigenvalue weighted by Crippen LogP contribution is 2.32. The molecule has 9 nitrogen and oxygen atoms in total. The quantitative estimate of drug-likeness (QED) is 0.516. The lowest BCUT2D eigenvalue weighted by Gasteiger charge is -2.37. The Morgan fingerprint density at radius 1 is 1.03 bits per heavy atom. The summed E-state index contributed by atoms with van der Waals surface area (Å²) in [7, 11) is 1.56. The van der Waals surface area contributed by atoms with Crippen LogP contribution in [0.1, 0.15) is 16.7 Å². The molecule has 9 heteroatoms. The molecule has 3 aromatic rings. The molecule has 0 aliphatic carbocycles. The van der Waals surface area contributed by atoms with E-state index in [2.05, 4.69) is 0 Å². The largest absolute Gasteiger partial charge is 0.496 e. The normalized spacial score (nSPS) is 17.2. The molecule has 2 aromatic carbocycles. The Bertz CT molecular complexity index is 1390. The topological polar surface area (TPSA) is 98.5 Å². The Balaban J connectivity index is 1.25. The van der Waals surface area contributed by atoms with Crippen molar-refractivity contribution in [1.82, 2.24) is 9.80 Å². The summed E-state index contributed by atoms with van der Waals surface area (Å²) < 4.78 is 22.5. The van der Waals surface area contributed by atoms with Gasteiger partial charge in [-0.05, 0) is 49.2 Å². The van der Waals surface area contributed by atoms with Crippen LogP contribution in [-0.2, 0) is 16.0 Å². The van der Waals surface area contributed by atoms with Crippen LogP contribution in [0.25, 0.3) is 11.0 Å². The van der Waals surface area contributed by atoms with E-state index >= 15 is 0 Å². The molecule has 1 aromatic heterocycles. The number of aryl methyl sites for hydroxylation is 2. The fourth-order valence-electron chi connectivity index (χ4n) is 4.79. The number of benzene rings is 2. The molecule has 5 rings (SSSR count). The summed E-state index contributed by atoms with van der Waals surface area (Å²) in [5.41, 5.74) is 1.82. The Labute approximate surface area is 208 Å². The van der Waals surface area contributed by atoms with Gasteiger partial charge in [-0.2, -0.15) is 0 Å². The second-order valence-corrected chi connectivity index (χ2v) is 9.08. The molecule has 0 bridgehead atoms. The third-order valence-electron chi connectivity index (χ3n) is 6.76. The van der Waals surface area contributed by atoms with Gasteiger partial charge in [0.15, 0.2) is 11.5 Å². The van der Waals surface area contributed by atoms with Crippen LogP contribution in [0.3, 0.4) is 0 Å². The molecule has 0 unspecified atom stereocenters. The molecule has 36 heavy (non-hydrogen) atoms. The number of para-hydroxylation sites is 2. The van der Waals surface area contributed by atoms with Crippen LogP contribution in [0.5, 0.6) is 17.2 Å². The lowest BCUT2D eigenvalue weighted by Crippen LogP contribution is -2.55. The number of hydrogen-bond acceptors (Lipinski definition) is 7. The molecule has 0 saturated carbocycles. The van der Waals surface area contributed by atoms with Crippen LogP contribution in [0.2, 0.25) is 0 Å². The third kappa shape index (κ3) is 4.36. The average molecular weight is 493 g/mol. The van der Waals surface area contributed by atoms with Crippen molar-refractivity contribution in [3.05, 3.63) is 63.5 Å². The zero-order valence-corrected chi connectivity index (χ0v) is 20.5. The van der Waals surface area contributed by atoms with Crippen molar-refractivity contribution in [3.63, 3.8) is 0 Å². The van der Waals surface area contributed by atoms with E-state index in [4.69, 9.17) is 18.6 Å². The number of amides is 2. The molecule has 1 fully saturated rings. The first-order valence-corrected chi connectivity index (χ1v) is 11.9. The molecule has 2 amide bonds. The first-order chi connectivity index (χ1) is 17.4. The maximum atomic E-state index is 13.1. The SMILES string of the molecule is COc1cc(C)cc2oc(=O)c(CC(=O)N3CCN(C(=O)[C@@H]4COc5ccccc5O4)CC3)c(C)c12. The van der Waals surface area contributed by atoms with E-state index in [-0.39, 0.29) is 24.8 Å². The van der Waals surface area contributed by atoms with E-state index in [1.165, 1.54) is 0 Å². The van der Waals surface area contributed by atoms with E-state index in [1.807, 2.05) is 25.1 Å². The van der Waals surface area contributed by atoms with Gasteiger partial charge in [0.05, 0.1) is 24.5 Å². The van der Waals surface area contributed by atoms with Crippen molar-refractivity contribution in [3.8, 4) is 17.2 Å². The predicted molar refractivity (Wildman–Crippen MR) is 132 cm³/mol. The summed E-state index contributed by atoms with van der Waals surface area (Å²) in [5, 5.41) is 0.692. The lowest BCUT2D eigenvalue weighted by atomic mass is 10.0. The fraction of sp³-hybridized carbons (Fsp3) is 0.370. The number of hydrogen-bond donors (Lipinski definition) is 0. The first-order valence-electron chi connectivity index (χ1n) is 11.9. The van der Waals surface area contributed by atoms with Crippen LogP contribution in [0.15, 0.2) is 45.6 Å². The number of rotatable bonds is 4. The maximum Gasteiger partial charge on any atom is 0.340 e. The number of nitrogens with zero attached hydrogens (tertiary/aromatic N) is 2. The van der Waals surface area contributed by atoms with Gasteiger partial charge in [-0.3, -0.25) is 9.59 Å². The number of piperazine rings is 1. The van der Waals surface area contributed by atoms with Gasteiger partial charge in [-0.25, -0.2) is 4.79 Å². The molecule has 0 radical (unpaired) electrons. The first kappa shape index (κ1) is 23.7. The number of ether oxygens (including phenoxy) is 3. The van der Waals surface area contributed by atoms with Gasteiger partial charge in [-0.1, -0.05) is 12.1 Å². The third-order valence-corrected chi connectivity index (χ3v) is 6.76. The van der Waals surface area contributed by atoms with Gasteiger partial charge in [0.2, 0.25) is 12.0 Å². The Morgan fingerprint density at radius 3 is 2.44 bits per heavy atom. The molecule has 1 saturated heterocycles. The monoisotopic (exact) mass is 492 g/mol. The fourth-order valence-corrected chi connectivity index (χ4v) is 4.79. The molecule has 188 valence electrons. The van der Waals surface area contributed by atoms with Crippen molar-refractivity contribution >= 4 is 22.8 Å². The zero-order chi connectivity index (χ0) is 25.4. The van der Waals surface area contributed by atoms with Gasteiger partial charge >= 0.3 is 5.63 Å². The number of fused-ring (bicyclic) bond motifs is 2. The van der Waals surface area contributed by atoms with E-state index in [0.717, 1.165) is 5.56 Å². The minimum atomic E-state index is -0.717. The summed E-state index contributed by atoms with van der Waals surface area (Å²) in [4.78, 5) is 42.2. The molecule has 0 spiro atoms. The van der Waals surface area contributed by atoms with Gasteiger partial charge in [-0.15, -0.1) is 0 Å². The number of methoxy groups -OCH3 is 1. The molecule has 1 atom stereocenters. The van der Waals surface area contributed by atoms with Gasteiger partial charge in [0, 0.05) is 26.2 Å². The van der Waals surface area contributed by atoms with E-state index in [0.29, 0.717) is 65.5 Å². The highest BCUT2D eigenvalue weighted by Gasteiger charge is 2.33. The van der Waals surface area contributed by atoms with Crippen molar-refractivity contribution in [1.29, 1.82) is 0 Å². The predicted octanol–water partition coefficient (Wildman–Crippen LogP) is 2.47. The standard InChI is InChI=1S/C27H28N2O7/c1-16-12-21(33-3)25-17(2)18(27(32)36-22(25)13-16)14-24(30)28-8-10-29(11-9-28)26(31)23-15-34-19-6-4-5-7-20(19)35-23/h4-7,12-13,23H,8-11,14-15H2,1-3H3/t23-/m0/s1. The average Bonchev–Trinajstić information content (AvgIpc) is 2.89. The molecule has 0 N–H and O–H groups in total. The maximum absolute atomic E-state index is 13.1. The van der Waals surface area contributed by atoms with Gasteiger partial charge < -0.3 is 28.4 Å².